The molecule has 1 saturated carbocycles. The monoisotopic (exact) mass is 512 g/mol. The molecule has 0 aromatic heterocycles. The van der Waals surface area contributed by atoms with Gasteiger partial charge in [0, 0.05) is 12.3 Å². The van der Waals surface area contributed by atoms with Gasteiger partial charge < -0.3 is 4.74 Å². The molecule has 1 aliphatic rings. The summed E-state index contributed by atoms with van der Waals surface area (Å²) >= 11 is 0. The highest BCUT2D eigenvalue weighted by molar-refractivity contribution is 5.70. The highest BCUT2D eigenvalue weighted by Crippen LogP contribution is 2.43. The van der Waals surface area contributed by atoms with E-state index in [1.807, 2.05) is 69.3 Å². The lowest BCUT2D eigenvalue weighted by atomic mass is 9.75. The summed E-state index contributed by atoms with van der Waals surface area (Å²) in [6.45, 7) is 5.55. The van der Waals surface area contributed by atoms with Crippen LogP contribution >= 0.6 is 0 Å². The van der Waals surface area contributed by atoms with Crippen molar-refractivity contribution in [2.45, 2.75) is 76.5 Å². The van der Waals surface area contributed by atoms with E-state index in [-0.39, 0.29) is 23.9 Å². The highest BCUT2D eigenvalue weighted by atomic mass is 19.2. The van der Waals surface area contributed by atoms with E-state index >= 15 is 4.39 Å². The van der Waals surface area contributed by atoms with Crippen molar-refractivity contribution in [1.29, 1.82) is 0 Å². The van der Waals surface area contributed by atoms with Gasteiger partial charge >= 0.3 is 5.97 Å². The zero-order chi connectivity index (χ0) is 26.7. The fraction of sp³-hybridized carbons (Fsp3) is 0.387. The number of carbonyl (C=O) groups is 1. The molecule has 0 spiro atoms. The third-order valence-corrected chi connectivity index (χ3v) is 6.91. The van der Waals surface area contributed by atoms with Crippen LogP contribution in [0.5, 0.6) is 0 Å². The number of rotatable bonds is 6. The lowest BCUT2D eigenvalue weighted by Gasteiger charge is -2.32. The highest BCUT2D eigenvalue weighted by Gasteiger charge is 2.33. The lowest BCUT2D eigenvalue weighted by Crippen LogP contribution is -2.24. The molecule has 0 radical (unpaired) electrons. The van der Waals surface area contributed by atoms with Gasteiger partial charge in [0.1, 0.15) is 11.8 Å². The second-order valence-corrected chi connectivity index (χ2v) is 10.8. The molecule has 37 heavy (non-hydrogen) atoms. The molecule has 6 heteroatoms. The van der Waals surface area contributed by atoms with E-state index in [1.165, 1.54) is 0 Å². The minimum atomic E-state index is -1.52. The quantitative estimate of drug-likeness (QED) is 0.188. The third kappa shape index (κ3) is 6.79. The van der Waals surface area contributed by atoms with Gasteiger partial charge in [-0.15, -0.1) is 0 Å². The Labute approximate surface area is 215 Å². The predicted molar refractivity (Wildman–Crippen MR) is 137 cm³/mol. The van der Waals surface area contributed by atoms with Gasteiger partial charge in [-0.2, -0.15) is 0 Å². The summed E-state index contributed by atoms with van der Waals surface area (Å²) in [5, 5.41) is 0. The maximum atomic E-state index is 15.0. The summed E-state index contributed by atoms with van der Waals surface area (Å²) in [6.07, 6.45) is 1.03. The zero-order valence-electron chi connectivity index (χ0n) is 21.4. The summed E-state index contributed by atoms with van der Waals surface area (Å²) in [7, 11) is 0. The molecule has 0 N–H and O–H groups in total. The van der Waals surface area contributed by atoms with Crippen LogP contribution in [0.2, 0.25) is 0 Å². The van der Waals surface area contributed by atoms with Crippen LogP contribution in [0.25, 0.3) is 11.1 Å². The fourth-order valence-electron chi connectivity index (χ4n) is 5.03. The summed E-state index contributed by atoms with van der Waals surface area (Å²) in [5.74, 6) is -4.94. The molecule has 0 saturated heterocycles. The van der Waals surface area contributed by atoms with Gasteiger partial charge in [-0.25, -0.2) is 17.6 Å². The molecule has 0 amide bonds. The van der Waals surface area contributed by atoms with Crippen molar-refractivity contribution in [1.82, 2.24) is 0 Å². The molecule has 4 rings (SSSR count). The van der Waals surface area contributed by atoms with E-state index in [9.17, 15) is 18.0 Å². The Hall–Kier alpha value is -3.15. The first-order valence-electron chi connectivity index (χ1n) is 12.7. The number of esters is 1. The van der Waals surface area contributed by atoms with Crippen LogP contribution in [0.4, 0.5) is 17.6 Å². The van der Waals surface area contributed by atoms with Crippen LogP contribution in [0.15, 0.2) is 60.7 Å². The Kier molecular flexibility index (Phi) is 8.05. The van der Waals surface area contributed by atoms with E-state index in [4.69, 9.17) is 4.74 Å². The van der Waals surface area contributed by atoms with Crippen molar-refractivity contribution in [2.24, 2.45) is 0 Å². The first-order chi connectivity index (χ1) is 17.5. The normalized spacial score (nSPS) is 20.0. The fourth-order valence-corrected chi connectivity index (χ4v) is 5.03. The molecule has 2 nitrogen and oxygen atoms in total. The van der Waals surface area contributed by atoms with Crippen molar-refractivity contribution < 1.29 is 27.1 Å². The Morgan fingerprint density at radius 3 is 1.97 bits per heavy atom. The number of carbonyl (C=O) groups excluding carboxylic acids is 1. The number of benzene rings is 3. The van der Waals surface area contributed by atoms with Crippen molar-refractivity contribution in [2.75, 3.05) is 0 Å². The number of hydrogen-bond acceptors (Lipinski definition) is 2. The van der Waals surface area contributed by atoms with Crippen LogP contribution in [-0.2, 0) is 16.0 Å². The van der Waals surface area contributed by atoms with Crippen LogP contribution in [-0.4, -0.2) is 17.7 Å². The first-order valence-corrected chi connectivity index (χ1v) is 12.7. The second-order valence-electron chi connectivity index (χ2n) is 10.8. The van der Waals surface area contributed by atoms with Crippen molar-refractivity contribution in [3.8, 4) is 11.1 Å². The van der Waals surface area contributed by atoms with Gasteiger partial charge in [-0.3, -0.25) is 4.79 Å². The molecule has 3 aromatic carbocycles. The van der Waals surface area contributed by atoms with Gasteiger partial charge in [0.15, 0.2) is 17.5 Å². The molecule has 0 aliphatic heterocycles. The number of aryl methyl sites for hydroxylation is 1. The Morgan fingerprint density at radius 2 is 1.43 bits per heavy atom. The van der Waals surface area contributed by atoms with Gasteiger partial charge in [-0.05, 0) is 92.3 Å². The molecule has 3 aromatic rings. The number of alkyl halides is 1. The molecular weight excluding hydrogens is 480 g/mol. The summed E-state index contributed by atoms with van der Waals surface area (Å²) < 4.78 is 60.9. The average molecular weight is 513 g/mol. The lowest BCUT2D eigenvalue weighted by molar-refractivity contribution is -0.154. The van der Waals surface area contributed by atoms with Gasteiger partial charge in [0.2, 0.25) is 0 Å². The number of halogens is 4. The molecule has 1 fully saturated rings. The second kappa shape index (κ2) is 11.1. The Balaban J connectivity index is 1.35. The first kappa shape index (κ1) is 26.9. The van der Waals surface area contributed by atoms with Gasteiger partial charge in [0.05, 0.1) is 0 Å². The van der Waals surface area contributed by atoms with Gasteiger partial charge in [-0.1, -0.05) is 48.5 Å². The van der Waals surface area contributed by atoms with Crippen LogP contribution in [0.1, 0.15) is 75.0 Å². The Morgan fingerprint density at radius 1 is 0.865 bits per heavy atom. The van der Waals surface area contributed by atoms with Crippen molar-refractivity contribution >= 4 is 5.97 Å². The molecule has 196 valence electrons. The zero-order valence-corrected chi connectivity index (χ0v) is 21.4. The van der Waals surface area contributed by atoms with E-state index in [0.29, 0.717) is 25.7 Å². The number of ether oxygens (including phenoxy) is 1. The van der Waals surface area contributed by atoms with Crippen LogP contribution in [0.3, 0.4) is 0 Å². The minimum Gasteiger partial charge on any atom is -0.460 e. The standard InChI is InChI=1S/C31H32F4O2/c1-31(2,3)37-29(36)15-6-19-4-7-20(8-5-19)21-9-11-22(12-10-21)23-13-14-25(26(32)16-23)24-17-27(33)30(35)28(34)18-24/h4-5,7-12,17-18,23,25-26H,6,13-16H2,1-3H3. The van der Waals surface area contributed by atoms with Gasteiger partial charge in [0.25, 0.3) is 0 Å². The smallest absolute Gasteiger partial charge is 0.306 e. The summed E-state index contributed by atoms with van der Waals surface area (Å²) in [4.78, 5) is 11.9. The van der Waals surface area contributed by atoms with E-state index < -0.39 is 35.1 Å². The molecule has 0 heterocycles. The summed E-state index contributed by atoms with van der Waals surface area (Å²) in [6, 6.07) is 17.9. The molecule has 0 bridgehead atoms. The van der Waals surface area contributed by atoms with Crippen molar-refractivity contribution in [3.63, 3.8) is 0 Å². The molecule has 3 atom stereocenters. The topological polar surface area (TPSA) is 26.3 Å². The SMILES string of the molecule is CC(C)(C)OC(=O)CCc1ccc(-c2ccc(C3CCC(c4cc(F)c(F)c(F)c4)C(F)C3)cc2)cc1. The Bertz CT molecular complexity index is 1210. The number of hydrogen-bond donors (Lipinski definition) is 0. The van der Waals surface area contributed by atoms with E-state index in [2.05, 4.69) is 0 Å². The maximum absolute atomic E-state index is 15.0. The maximum Gasteiger partial charge on any atom is 0.306 e. The molecular formula is C31H32F4O2. The van der Waals surface area contributed by atoms with Crippen LogP contribution < -0.4 is 0 Å². The van der Waals surface area contributed by atoms with Crippen LogP contribution in [0, 0.1) is 17.5 Å². The van der Waals surface area contributed by atoms with E-state index in [1.54, 1.807) is 0 Å². The average Bonchev–Trinajstić information content (AvgIpc) is 2.85. The largest absolute Gasteiger partial charge is 0.460 e. The van der Waals surface area contributed by atoms with Crippen molar-refractivity contribution in [3.05, 3.63) is 94.8 Å². The third-order valence-electron chi connectivity index (χ3n) is 6.91. The predicted octanol–water partition coefficient (Wildman–Crippen LogP) is 8.43. The van der Waals surface area contributed by atoms with E-state index in [0.717, 1.165) is 34.4 Å². The molecule has 1 aliphatic carbocycles. The summed E-state index contributed by atoms with van der Waals surface area (Å²) in [5.41, 5.74) is 3.84. The molecule has 3 unspecified atom stereocenters. The minimum absolute atomic E-state index is 0.00525.